The maximum Gasteiger partial charge on any atom is 0.423 e. The van der Waals surface area contributed by atoms with Gasteiger partial charge in [-0.05, 0) is 63.3 Å². The first kappa shape index (κ1) is 31.4. The fraction of sp³-hybridized carbons (Fsp3) is 0.433. The number of amides is 1. The van der Waals surface area contributed by atoms with E-state index in [-0.39, 0.29) is 35.5 Å². The number of anilines is 2. The maximum absolute atomic E-state index is 13.9. The molecule has 0 bridgehead atoms. The van der Waals surface area contributed by atoms with Crippen LogP contribution >= 0.6 is 0 Å². The van der Waals surface area contributed by atoms with Gasteiger partial charge in [0, 0.05) is 37.5 Å². The average molecular weight is 617 g/mol. The van der Waals surface area contributed by atoms with Crippen molar-refractivity contribution in [1.29, 1.82) is 0 Å². The number of methoxy groups -OCH3 is 2. The predicted octanol–water partition coefficient (Wildman–Crippen LogP) is 4.23. The summed E-state index contributed by atoms with van der Waals surface area (Å²) in [6.45, 7) is 3.66. The molecule has 2 aliphatic rings. The van der Waals surface area contributed by atoms with Crippen molar-refractivity contribution in [2.75, 3.05) is 46.7 Å². The van der Waals surface area contributed by atoms with Crippen molar-refractivity contribution in [2.45, 2.75) is 44.4 Å². The van der Waals surface area contributed by atoms with E-state index in [1.54, 1.807) is 50.2 Å². The number of aromatic nitrogens is 2. The second kappa shape index (κ2) is 12.6. The van der Waals surface area contributed by atoms with E-state index in [1.165, 1.54) is 13.2 Å². The van der Waals surface area contributed by atoms with Gasteiger partial charge in [-0.15, -0.1) is 0 Å². The van der Waals surface area contributed by atoms with Gasteiger partial charge < -0.3 is 34.9 Å². The number of nitrogens with zero attached hydrogens (tertiary/aromatic N) is 4. The Balaban J connectivity index is 1.42. The van der Waals surface area contributed by atoms with Crippen LogP contribution in [0.1, 0.15) is 45.3 Å². The average Bonchev–Trinajstić information content (AvgIpc) is 3.27. The van der Waals surface area contributed by atoms with Crippen LogP contribution in [-0.2, 0) is 17.5 Å². The molecule has 3 N–H and O–H groups in total. The molecule has 0 saturated carbocycles. The molecule has 0 radical (unpaired) electrons. The highest BCUT2D eigenvalue weighted by Crippen LogP contribution is 2.42. The van der Waals surface area contributed by atoms with Gasteiger partial charge in [0.25, 0.3) is 5.91 Å². The van der Waals surface area contributed by atoms with Crippen molar-refractivity contribution in [3.63, 3.8) is 0 Å². The summed E-state index contributed by atoms with van der Waals surface area (Å²) in [6.07, 6.45) is -4.65. The van der Waals surface area contributed by atoms with E-state index in [2.05, 4.69) is 25.5 Å². The molecule has 1 amide bonds. The van der Waals surface area contributed by atoms with Crippen molar-refractivity contribution in [1.82, 2.24) is 25.1 Å². The van der Waals surface area contributed by atoms with Crippen molar-refractivity contribution >= 4 is 17.5 Å². The summed E-state index contributed by atoms with van der Waals surface area (Å²) in [7, 11) is 6.72. The Morgan fingerprint density at radius 3 is 2.64 bits per heavy atom. The number of hydrogen-bond donors (Lipinski definition) is 3. The van der Waals surface area contributed by atoms with Gasteiger partial charge in [0.15, 0.2) is 0 Å². The Hall–Kier alpha value is -3.98. The van der Waals surface area contributed by atoms with E-state index < -0.39 is 23.8 Å². The lowest BCUT2D eigenvalue weighted by Crippen LogP contribution is -2.53. The van der Waals surface area contributed by atoms with E-state index in [4.69, 9.17) is 14.2 Å². The zero-order valence-corrected chi connectivity index (χ0v) is 25.0. The highest BCUT2D eigenvalue weighted by atomic mass is 19.4. The topological polar surface area (TPSA) is 121 Å². The highest BCUT2D eigenvalue weighted by Gasteiger charge is 2.38. The van der Waals surface area contributed by atoms with Gasteiger partial charge in [0.2, 0.25) is 11.8 Å². The number of piperidine rings is 1. The number of aliphatic hydroxyl groups is 1. The van der Waals surface area contributed by atoms with Crippen molar-refractivity contribution in [2.24, 2.45) is 0 Å². The first-order chi connectivity index (χ1) is 20.9. The van der Waals surface area contributed by atoms with Gasteiger partial charge in [0.05, 0.1) is 24.9 Å². The smallest absolute Gasteiger partial charge is 0.423 e. The lowest BCUT2D eigenvalue weighted by atomic mass is 10.0. The molecule has 1 aromatic heterocycles. The van der Waals surface area contributed by atoms with E-state index >= 15 is 0 Å². The fourth-order valence-corrected chi connectivity index (χ4v) is 5.53. The van der Waals surface area contributed by atoms with Crippen LogP contribution in [0.15, 0.2) is 36.5 Å². The lowest BCUT2D eigenvalue weighted by molar-refractivity contribution is -0.139. The monoisotopic (exact) mass is 616 g/mol. The van der Waals surface area contributed by atoms with Gasteiger partial charge in [-0.25, -0.2) is 4.98 Å². The summed E-state index contributed by atoms with van der Waals surface area (Å²) in [5.74, 6) is -0.914. The fourth-order valence-electron chi connectivity index (χ4n) is 5.53. The van der Waals surface area contributed by atoms with Gasteiger partial charge in [-0.3, -0.25) is 9.69 Å². The van der Waals surface area contributed by atoms with Crippen LogP contribution in [0, 0.1) is 6.92 Å². The third-order valence-electron chi connectivity index (χ3n) is 7.94. The van der Waals surface area contributed by atoms with Crippen molar-refractivity contribution in [3.8, 4) is 17.4 Å². The first-order valence-corrected chi connectivity index (χ1v) is 14.0. The highest BCUT2D eigenvalue weighted by molar-refractivity contribution is 5.97. The molecular formula is C30H35F3N6O5. The molecule has 14 heteroatoms. The summed E-state index contributed by atoms with van der Waals surface area (Å²) in [4.78, 5) is 25.0. The third-order valence-corrected chi connectivity index (χ3v) is 7.94. The minimum atomic E-state index is -4.81. The number of likely N-dealkylation sites (tertiary alicyclic amines) is 1. The number of carbonyl (C=O) groups excluding carboxylic acids is 1. The quantitative estimate of drug-likeness (QED) is 0.339. The number of nitrogens with one attached hydrogen (secondary N) is 2. The Bertz CT molecular complexity index is 1540. The van der Waals surface area contributed by atoms with Crippen LogP contribution in [-0.4, -0.2) is 84.3 Å². The molecular weight excluding hydrogens is 581 g/mol. The van der Waals surface area contributed by atoms with Crippen LogP contribution in [0.2, 0.25) is 0 Å². The molecule has 1 saturated heterocycles. The molecule has 2 aromatic carbocycles. The number of hydrogen-bond acceptors (Lipinski definition) is 10. The molecule has 0 spiro atoms. The largest absolute Gasteiger partial charge is 0.495 e. The Labute approximate surface area is 252 Å². The normalized spacial score (nSPS) is 20.7. The SMILES string of the molecule is COc1cc(C(=O)N[C@@H]2CCN(C)C[C@H]2OC)c(C)cc1Nc1ncc(C(F)(F)F)c(Oc2cccc3c2C(O)N(C)C3)n1. The third kappa shape index (κ3) is 6.43. The number of benzene rings is 2. The second-order valence-electron chi connectivity index (χ2n) is 11.0. The maximum atomic E-state index is 13.9. The van der Waals surface area contributed by atoms with Crippen molar-refractivity contribution < 1.29 is 37.3 Å². The molecule has 11 nitrogen and oxygen atoms in total. The number of aliphatic hydroxyl groups excluding tert-OH is 1. The number of likely N-dealkylation sites (N-methyl/N-ethyl adjacent to an activating group) is 1. The molecule has 5 rings (SSSR count). The van der Waals surface area contributed by atoms with Gasteiger partial charge in [-0.2, -0.15) is 18.2 Å². The lowest BCUT2D eigenvalue weighted by Gasteiger charge is -2.36. The molecule has 3 aromatic rings. The molecule has 3 atom stereocenters. The number of rotatable bonds is 8. The number of fused-ring (bicyclic) bond motifs is 1. The van der Waals surface area contributed by atoms with Gasteiger partial charge >= 0.3 is 6.18 Å². The summed E-state index contributed by atoms with van der Waals surface area (Å²) in [6, 6.07) is 7.91. The number of carbonyl (C=O) groups is 1. The predicted molar refractivity (Wildman–Crippen MR) is 155 cm³/mol. The standard InChI is InChI=1S/C30H35F3N6O5/c1-16-11-21(23(42-4)12-18(16)26(40)35-20-9-10-38(2)15-24(20)43-5)36-29-34-13-19(30(31,32)33)27(37-29)44-22-8-6-7-17-14-39(3)28(41)25(17)22/h6-8,11-13,20,24,28,41H,9-10,14-15H2,1-5H3,(H,35,40)(H,34,36,37)/t20-,24-,28?/m1/s1. The first-order valence-electron chi connectivity index (χ1n) is 14.0. The number of halogens is 3. The van der Waals surface area contributed by atoms with Crippen LogP contribution in [0.3, 0.4) is 0 Å². The Morgan fingerprint density at radius 1 is 1.16 bits per heavy atom. The van der Waals surface area contributed by atoms with Crippen LogP contribution in [0.5, 0.6) is 17.4 Å². The van der Waals surface area contributed by atoms with Crippen LogP contribution in [0.25, 0.3) is 0 Å². The molecule has 2 aliphatic heterocycles. The zero-order valence-electron chi connectivity index (χ0n) is 25.0. The van der Waals surface area contributed by atoms with E-state index in [1.807, 2.05) is 7.05 Å². The van der Waals surface area contributed by atoms with Crippen LogP contribution < -0.4 is 20.1 Å². The molecule has 1 unspecified atom stereocenters. The molecule has 3 heterocycles. The van der Waals surface area contributed by atoms with Gasteiger partial charge in [0.1, 0.15) is 23.3 Å². The molecule has 1 fully saturated rings. The number of aryl methyl sites for hydroxylation is 1. The van der Waals surface area contributed by atoms with Crippen LogP contribution in [0.4, 0.5) is 24.8 Å². The molecule has 0 aliphatic carbocycles. The number of ether oxygens (including phenoxy) is 3. The minimum Gasteiger partial charge on any atom is -0.495 e. The van der Waals surface area contributed by atoms with E-state index in [0.717, 1.165) is 18.5 Å². The van der Waals surface area contributed by atoms with Crippen molar-refractivity contribution in [3.05, 3.63) is 64.3 Å². The summed E-state index contributed by atoms with van der Waals surface area (Å²) in [5, 5.41) is 16.5. The Morgan fingerprint density at radius 2 is 1.93 bits per heavy atom. The molecule has 236 valence electrons. The second-order valence-corrected chi connectivity index (χ2v) is 11.0. The summed E-state index contributed by atoms with van der Waals surface area (Å²) < 4.78 is 58.6. The summed E-state index contributed by atoms with van der Waals surface area (Å²) >= 11 is 0. The number of alkyl halides is 3. The van der Waals surface area contributed by atoms with E-state index in [9.17, 15) is 23.1 Å². The minimum absolute atomic E-state index is 0.0543. The summed E-state index contributed by atoms with van der Waals surface area (Å²) in [5.41, 5.74) is 1.23. The molecule has 44 heavy (non-hydrogen) atoms. The zero-order chi connectivity index (χ0) is 31.8. The van der Waals surface area contributed by atoms with E-state index in [0.29, 0.717) is 41.7 Å². The Kier molecular flexibility index (Phi) is 8.97. The van der Waals surface area contributed by atoms with Gasteiger partial charge in [-0.1, -0.05) is 12.1 Å².